The molecule has 2 unspecified atom stereocenters. The van der Waals surface area contributed by atoms with E-state index in [0.29, 0.717) is 13.1 Å². The first-order valence-electron chi connectivity index (χ1n) is 11.2. The number of benzene rings is 3. The lowest BCUT2D eigenvalue weighted by Gasteiger charge is -2.46. The number of aromatic nitrogens is 2. The summed E-state index contributed by atoms with van der Waals surface area (Å²) in [7, 11) is 0. The first-order chi connectivity index (χ1) is 15.5. The van der Waals surface area contributed by atoms with E-state index < -0.39 is 11.4 Å². The largest absolute Gasteiger partial charge is 0.348 e. The molecule has 1 saturated heterocycles. The van der Waals surface area contributed by atoms with Crippen LogP contribution >= 0.6 is 0 Å². The quantitative estimate of drug-likeness (QED) is 0.395. The Morgan fingerprint density at radius 3 is 2.06 bits per heavy atom. The van der Waals surface area contributed by atoms with Crippen molar-refractivity contribution in [3.8, 4) is 0 Å². The third kappa shape index (κ3) is 1.70. The van der Waals surface area contributed by atoms with E-state index in [0.717, 1.165) is 45.0 Å². The molecule has 3 aliphatic heterocycles. The first kappa shape index (κ1) is 17.2. The zero-order chi connectivity index (χ0) is 21.4. The molecule has 3 aliphatic rings. The molecule has 0 spiro atoms. The Bertz CT molecular complexity index is 1690. The topological polar surface area (TPSA) is 60.2 Å². The summed E-state index contributed by atoms with van der Waals surface area (Å²) in [6, 6.07) is 16.9. The number of para-hydroxylation sites is 2. The molecule has 32 heavy (non-hydrogen) atoms. The SMILES string of the molecule is CC12CNCC(C)(O1)n1c3ccccc3c3c4c(c5c6ccccc6n2c5c31)CNC4=O. The van der Waals surface area contributed by atoms with Crippen molar-refractivity contribution >= 4 is 49.5 Å². The van der Waals surface area contributed by atoms with Gasteiger partial charge in [0.1, 0.15) is 0 Å². The van der Waals surface area contributed by atoms with Crippen LogP contribution in [0.1, 0.15) is 29.8 Å². The van der Waals surface area contributed by atoms with Gasteiger partial charge in [0.15, 0.2) is 11.4 Å². The van der Waals surface area contributed by atoms with Crippen LogP contribution in [0.3, 0.4) is 0 Å². The number of morpholine rings is 1. The maximum absolute atomic E-state index is 13.2. The van der Waals surface area contributed by atoms with Crippen LogP contribution in [0, 0.1) is 0 Å². The molecule has 2 atom stereocenters. The summed E-state index contributed by atoms with van der Waals surface area (Å²) in [5, 5.41) is 11.3. The van der Waals surface area contributed by atoms with Crippen LogP contribution in [0.5, 0.6) is 0 Å². The standard InChI is InChI=1S/C26H22N4O2/c1-25-12-27-13-26(2,32-25)30-18-10-6-4-8-15(18)20-21-16(11-28-24(21)31)19-14-7-3-5-9-17(14)29(25)22(19)23(20)30/h3-10,27H,11-13H2,1-2H3,(H,28,31). The Labute approximate surface area is 183 Å². The Balaban J connectivity index is 1.81. The third-order valence-electron chi connectivity index (χ3n) is 7.77. The Morgan fingerprint density at radius 2 is 1.41 bits per heavy atom. The molecule has 3 aromatic carbocycles. The number of rotatable bonds is 0. The van der Waals surface area contributed by atoms with Crippen LogP contribution < -0.4 is 10.6 Å². The minimum atomic E-state index is -0.593. The highest BCUT2D eigenvalue weighted by molar-refractivity contribution is 6.31. The van der Waals surface area contributed by atoms with E-state index >= 15 is 0 Å². The number of amides is 1. The van der Waals surface area contributed by atoms with Gasteiger partial charge in [0, 0.05) is 41.2 Å². The molecule has 1 amide bonds. The summed E-state index contributed by atoms with van der Waals surface area (Å²) in [6.45, 7) is 6.32. The predicted molar refractivity (Wildman–Crippen MR) is 125 cm³/mol. The highest BCUT2D eigenvalue weighted by Crippen LogP contribution is 2.51. The van der Waals surface area contributed by atoms with Gasteiger partial charge >= 0.3 is 0 Å². The zero-order valence-corrected chi connectivity index (χ0v) is 18.0. The third-order valence-corrected chi connectivity index (χ3v) is 7.77. The van der Waals surface area contributed by atoms with E-state index in [9.17, 15) is 4.79 Å². The second kappa shape index (κ2) is 5.17. The van der Waals surface area contributed by atoms with Crippen molar-refractivity contribution in [1.82, 2.24) is 19.8 Å². The Hall–Kier alpha value is -3.35. The number of hydrogen-bond acceptors (Lipinski definition) is 3. The molecule has 158 valence electrons. The molecule has 5 heterocycles. The van der Waals surface area contributed by atoms with Gasteiger partial charge < -0.3 is 24.5 Å². The van der Waals surface area contributed by atoms with Gasteiger partial charge in [-0.3, -0.25) is 4.79 Å². The first-order valence-corrected chi connectivity index (χ1v) is 11.2. The van der Waals surface area contributed by atoms with E-state index in [1.165, 1.54) is 16.3 Å². The molecule has 2 N–H and O–H groups in total. The highest BCUT2D eigenvalue weighted by Gasteiger charge is 2.49. The Morgan fingerprint density at radius 1 is 0.844 bits per heavy atom. The minimum Gasteiger partial charge on any atom is -0.348 e. The minimum absolute atomic E-state index is 0.0178. The second-order valence-corrected chi connectivity index (χ2v) is 9.74. The van der Waals surface area contributed by atoms with Crippen molar-refractivity contribution in [1.29, 1.82) is 0 Å². The summed E-state index contributed by atoms with van der Waals surface area (Å²) < 4.78 is 11.8. The van der Waals surface area contributed by atoms with Gasteiger partial charge in [-0.25, -0.2) is 0 Å². The van der Waals surface area contributed by atoms with E-state index in [2.05, 4.69) is 82.1 Å². The van der Waals surface area contributed by atoms with Crippen LogP contribution in [0.2, 0.25) is 0 Å². The molecular formula is C26H22N4O2. The lowest BCUT2D eigenvalue weighted by molar-refractivity contribution is -0.232. The van der Waals surface area contributed by atoms with Crippen molar-refractivity contribution in [2.24, 2.45) is 0 Å². The van der Waals surface area contributed by atoms with Gasteiger partial charge in [0.05, 0.1) is 27.6 Å². The number of nitrogens with zero attached hydrogens (tertiary/aromatic N) is 2. The van der Waals surface area contributed by atoms with Gasteiger partial charge in [-0.15, -0.1) is 0 Å². The molecule has 0 aliphatic carbocycles. The lowest BCUT2D eigenvalue weighted by atomic mass is 9.97. The van der Waals surface area contributed by atoms with Crippen LogP contribution in [-0.4, -0.2) is 28.1 Å². The van der Waals surface area contributed by atoms with Crippen molar-refractivity contribution in [3.05, 3.63) is 59.7 Å². The Kier molecular flexibility index (Phi) is 2.78. The molecule has 6 heteroatoms. The molecule has 2 aromatic heterocycles. The van der Waals surface area contributed by atoms with E-state index in [-0.39, 0.29) is 5.91 Å². The van der Waals surface area contributed by atoms with Crippen molar-refractivity contribution in [3.63, 3.8) is 0 Å². The van der Waals surface area contributed by atoms with E-state index in [1.54, 1.807) is 0 Å². The number of nitrogens with one attached hydrogen (secondary N) is 2. The zero-order valence-electron chi connectivity index (χ0n) is 18.0. The maximum atomic E-state index is 13.2. The summed E-state index contributed by atoms with van der Waals surface area (Å²) in [5.41, 5.74) is 5.28. The van der Waals surface area contributed by atoms with Crippen LogP contribution in [0.15, 0.2) is 48.5 Å². The molecule has 0 saturated carbocycles. The fourth-order valence-corrected chi connectivity index (χ4v) is 6.75. The fraction of sp³-hybridized carbons (Fsp3) is 0.269. The van der Waals surface area contributed by atoms with Crippen molar-refractivity contribution in [2.75, 3.05) is 13.1 Å². The molecule has 2 bridgehead atoms. The number of carbonyl (C=O) groups excluding carboxylic acids is 1. The van der Waals surface area contributed by atoms with Crippen molar-refractivity contribution < 1.29 is 9.53 Å². The molecule has 8 rings (SSSR count). The van der Waals surface area contributed by atoms with Gasteiger partial charge in [-0.05, 0) is 31.5 Å². The fourth-order valence-electron chi connectivity index (χ4n) is 6.75. The number of hydrogen-bond donors (Lipinski definition) is 2. The summed E-state index contributed by atoms with van der Waals surface area (Å²) in [6.07, 6.45) is 0. The smallest absolute Gasteiger partial charge is 0.252 e. The lowest BCUT2D eigenvalue weighted by Crippen LogP contribution is -2.58. The number of fused-ring (bicyclic) bond motifs is 13. The normalized spacial score (nSPS) is 26.4. The highest BCUT2D eigenvalue weighted by atomic mass is 16.6. The number of ether oxygens (including phenoxy) is 1. The van der Waals surface area contributed by atoms with Crippen molar-refractivity contribution in [2.45, 2.75) is 31.8 Å². The molecule has 1 fully saturated rings. The number of carbonyl (C=O) groups is 1. The van der Waals surface area contributed by atoms with E-state index in [4.69, 9.17) is 4.74 Å². The van der Waals surface area contributed by atoms with Gasteiger partial charge in [-0.1, -0.05) is 36.4 Å². The van der Waals surface area contributed by atoms with Gasteiger partial charge in [0.25, 0.3) is 5.91 Å². The van der Waals surface area contributed by atoms with Gasteiger partial charge in [-0.2, -0.15) is 0 Å². The monoisotopic (exact) mass is 422 g/mol. The van der Waals surface area contributed by atoms with Gasteiger partial charge in [0.2, 0.25) is 0 Å². The molecule has 5 aromatic rings. The molecular weight excluding hydrogens is 400 g/mol. The summed E-state index contributed by atoms with van der Waals surface area (Å²) in [5.74, 6) is 0.0178. The molecule has 6 nitrogen and oxygen atoms in total. The van der Waals surface area contributed by atoms with Crippen LogP contribution in [0.4, 0.5) is 0 Å². The van der Waals surface area contributed by atoms with Crippen LogP contribution in [-0.2, 0) is 22.7 Å². The van der Waals surface area contributed by atoms with Crippen LogP contribution in [0.25, 0.3) is 43.6 Å². The molecule has 0 radical (unpaired) electrons. The summed E-state index contributed by atoms with van der Waals surface area (Å²) in [4.78, 5) is 13.2. The maximum Gasteiger partial charge on any atom is 0.252 e. The predicted octanol–water partition coefficient (Wildman–Crippen LogP) is 4.12. The average Bonchev–Trinajstić information content (AvgIpc) is 3.42. The average molecular weight is 422 g/mol. The summed E-state index contributed by atoms with van der Waals surface area (Å²) >= 11 is 0. The second-order valence-electron chi connectivity index (χ2n) is 9.74. The van der Waals surface area contributed by atoms with E-state index in [1.807, 2.05) is 0 Å².